The SMILES string of the molecule is CCNc1nc2ccc(Cl)cc2nc1NCC. The molecule has 90 valence electrons. The van der Waals surface area contributed by atoms with Crippen LogP contribution in [0.1, 0.15) is 13.8 Å². The summed E-state index contributed by atoms with van der Waals surface area (Å²) in [6.07, 6.45) is 0. The van der Waals surface area contributed by atoms with Gasteiger partial charge in [-0.1, -0.05) is 11.6 Å². The molecule has 1 aromatic heterocycles. The lowest BCUT2D eigenvalue weighted by Gasteiger charge is -2.11. The van der Waals surface area contributed by atoms with E-state index in [0.29, 0.717) is 5.02 Å². The van der Waals surface area contributed by atoms with Crippen molar-refractivity contribution < 1.29 is 0 Å². The Morgan fingerprint density at radius 2 is 1.59 bits per heavy atom. The quantitative estimate of drug-likeness (QED) is 0.875. The largest absolute Gasteiger partial charge is 0.367 e. The molecule has 0 radical (unpaired) electrons. The third-order valence-corrected chi connectivity index (χ3v) is 2.55. The molecule has 0 atom stereocenters. The van der Waals surface area contributed by atoms with Gasteiger partial charge in [0.05, 0.1) is 11.0 Å². The molecule has 1 heterocycles. The van der Waals surface area contributed by atoms with E-state index in [9.17, 15) is 0 Å². The molecular formula is C12H15ClN4. The van der Waals surface area contributed by atoms with Crippen LogP contribution in [0.15, 0.2) is 18.2 Å². The fraction of sp³-hybridized carbons (Fsp3) is 0.333. The van der Waals surface area contributed by atoms with Gasteiger partial charge in [-0.05, 0) is 32.0 Å². The summed E-state index contributed by atoms with van der Waals surface area (Å²) < 4.78 is 0. The number of nitrogens with zero attached hydrogens (tertiary/aromatic N) is 2. The molecular weight excluding hydrogens is 236 g/mol. The zero-order valence-electron chi connectivity index (χ0n) is 9.92. The van der Waals surface area contributed by atoms with Gasteiger partial charge in [0.2, 0.25) is 0 Å². The molecule has 2 rings (SSSR count). The summed E-state index contributed by atoms with van der Waals surface area (Å²) in [5, 5.41) is 7.06. The van der Waals surface area contributed by atoms with Gasteiger partial charge in [-0.2, -0.15) is 0 Å². The van der Waals surface area contributed by atoms with Crippen molar-refractivity contribution in [2.24, 2.45) is 0 Å². The van der Waals surface area contributed by atoms with E-state index < -0.39 is 0 Å². The Morgan fingerprint density at radius 1 is 1.00 bits per heavy atom. The predicted octanol–water partition coefficient (Wildman–Crippen LogP) is 3.15. The molecule has 2 N–H and O–H groups in total. The van der Waals surface area contributed by atoms with Crippen molar-refractivity contribution in [2.45, 2.75) is 13.8 Å². The highest BCUT2D eigenvalue weighted by Crippen LogP contribution is 2.23. The summed E-state index contributed by atoms with van der Waals surface area (Å²) in [5.41, 5.74) is 1.64. The Labute approximate surface area is 105 Å². The van der Waals surface area contributed by atoms with E-state index in [1.807, 2.05) is 32.0 Å². The van der Waals surface area contributed by atoms with E-state index >= 15 is 0 Å². The van der Waals surface area contributed by atoms with Gasteiger partial charge >= 0.3 is 0 Å². The first-order valence-electron chi connectivity index (χ1n) is 5.69. The van der Waals surface area contributed by atoms with E-state index in [1.54, 1.807) is 0 Å². The number of benzene rings is 1. The van der Waals surface area contributed by atoms with Crippen LogP contribution in [0.2, 0.25) is 5.02 Å². The first-order chi connectivity index (χ1) is 8.24. The lowest BCUT2D eigenvalue weighted by molar-refractivity contribution is 1.12. The Balaban J connectivity index is 2.55. The van der Waals surface area contributed by atoms with Crippen LogP contribution in [0, 0.1) is 0 Å². The second-order valence-corrected chi connectivity index (χ2v) is 4.05. The van der Waals surface area contributed by atoms with Crippen LogP contribution < -0.4 is 10.6 Å². The molecule has 0 aliphatic carbocycles. The van der Waals surface area contributed by atoms with Crippen LogP contribution in [0.5, 0.6) is 0 Å². The fourth-order valence-corrected chi connectivity index (χ4v) is 1.78. The van der Waals surface area contributed by atoms with Gasteiger partial charge in [-0.15, -0.1) is 0 Å². The van der Waals surface area contributed by atoms with Gasteiger partial charge in [0, 0.05) is 18.1 Å². The number of hydrogen-bond acceptors (Lipinski definition) is 4. The van der Waals surface area contributed by atoms with Crippen LogP contribution in [0.4, 0.5) is 11.6 Å². The third-order valence-electron chi connectivity index (χ3n) is 2.31. The summed E-state index contributed by atoms with van der Waals surface area (Å²) in [5.74, 6) is 1.55. The van der Waals surface area contributed by atoms with Crippen molar-refractivity contribution in [3.63, 3.8) is 0 Å². The monoisotopic (exact) mass is 250 g/mol. The van der Waals surface area contributed by atoms with Gasteiger partial charge in [-0.3, -0.25) is 0 Å². The normalized spacial score (nSPS) is 10.5. The summed E-state index contributed by atoms with van der Waals surface area (Å²) in [7, 11) is 0. The Kier molecular flexibility index (Phi) is 3.64. The van der Waals surface area contributed by atoms with E-state index in [-0.39, 0.29) is 0 Å². The second kappa shape index (κ2) is 5.19. The molecule has 4 nitrogen and oxygen atoms in total. The molecule has 0 saturated carbocycles. The Hall–Kier alpha value is -1.55. The number of aromatic nitrogens is 2. The standard InChI is InChI=1S/C12H15ClN4/c1-3-14-11-12(15-4-2)17-10-7-8(13)5-6-9(10)16-11/h5-7H,3-4H2,1-2H3,(H,14,16)(H,15,17). The molecule has 1 aromatic carbocycles. The van der Waals surface area contributed by atoms with Crippen molar-refractivity contribution in [1.29, 1.82) is 0 Å². The lowest BCUT2D eigenvalue weighted by atomic mass is 10.3. The smallest absolute Gasteiger partial charge is 0.169 e. The average molecular weight is 251 g/mol. The summed E-state index contributed by atoms with van der Waals surface area (Å²) in [6.45, 7) is 5.67. The Morgan fingerprint density at radius 3 is 2.18 bits per heavy atom. The maximum absolute atomic E-state index is 5.95. The van der Waals surface area contributed by atoms with Crippen LogP contribution in [0.25, 0.3) is 11.0 Å². The molecule has 0 aliphatic heterocycles. The van der Waals surface area contributed by atoms with E-state index in [1.165, 1.54) is 0 Å². The van der Waals surface area contributed by atoms with Gasteiger partial charge < -0.3 is 10.6 Å². The van der Waals surface area contributed by atoms with Crippen LogP contribution in [-0.4, -0.2) is 23.1 Å². The van der Waals surface area contributed by atoms with E-state index in [2.05, 4.69) is 20.6 Å². The first-order valence-corrected chi connectivity index (χ1v) is 6.07. The molecule has 0 aliphatic rings. The van der Waals surface area contributed by atoms with Crippen molar-refractivity contribution in [3.05, 3.63) is 23.2 Å². The third kappa shape index (κ3) is 2.58. The molecule has 0 bridgehead atoms. The number of nitrogens with one attached hydrogen (secondary N) is 2. The number of hydrogen-bond donors (Lipinski definition) is 2. The van der Waals surface area contributed by atoms with Crippen molar-refractivity contribution in [3.8, 4) is 0 Å². The van der Waals surface area contributed by atoms with Gasteiger partial charge in [0.1, 0.15) is 0 Å². The first kappa shape index (κ1) is 11.9. The van der Waals surface area contributed by atoms with Gasteiger partial charge in [-0.25, -0.2) is 9.97 Å². The van der Waals surface area contributed by atoms with Gasteiger partial charge in [0.25, 0.3) is 0 Å². The van der Waals surface area contributed by atoms with Gasteiger partial charge in [0.15, 0.2) is 11.6 Å². The van der Waals surface area contributed by atoms with E-state index in [4.69, 9.17) is 11.6 Å². The van der Waals surface area contributed by atoms with Crippen LogP contribution >= 0.6 is 11.6 Å². The summed E-state index contributed by atoms with van der Waals surface area (Å²) in [6, 6.07) is 5.52. The molecule has 0 saturated heterocycles. The highest BCUT2D eigenvalue weighted by atomic mass is 35.5. The Bertz CT molecular complexity index is 527. The summed E-state index contributed by atoms with van der Waals surface area (Å²) in [4.78, 5) is 9.05. The number of halogens is 1. The molecule has 0 fully saturated rings. The van der Waals surface area contributed by atoms with Crippen molar-refractivity contribution in [2.75, 3.05) is 23.7 Å². The molecule has 5 heteroatoms. The van der Waals surface area contributed by atoms with Crippen molar-refractivity contribution >= 4 is 34.3 Å². The van der Waals surface area contributed by atoms with E-state index in [0.717, 1.165) is 35.8 Å². The molecule has 0 unspecified atom stereocenters. The molecule has 17 heavy (non-hydrogen) atoms. The zero-order valence-corrected chi connectivity index (χ0v) is 10.7. The second-order valence-electron chi connectivity index (χ2n) is 3.61. The topological polar surface area (TPSA) is 49.8 Å². The maximum atomic E-state index is 5.95. The zero-order chi connectivity index (χ0) is 12.3. The van der Waals surface area contributed by atoms with Crippen molar-refractivity contribution in [1.82, 2.24) is 9.97 Å². The minimum absolute atomic E-state index is 0.672. The lowest BCUT2D eigenvalue weighted by Crippen LogP contribution is -2.08. The number of fused-ring (bicyclic) bond motifs is 1. The minimum atomic E-state index is 0.672. The highest BCUT2D eigenvalue weighted by molar-refractivity contribution is 6.31. The summed E-state index contributed by atoms with van der Waals surface area (Å²) >= 11 is 5.95. The molecule has 0 spiro atoms. The molecule has 2 aromatic rings. The molecule has 0 amide bonds. The highest BCUT2D eigenvalue weighted by Gasteiger charge is 2.07. The average Bonchev–Trinajstić information content (AvgIpc) is 2.31. The number of anilines is 2. The predicted molar refractivity (Wildman–Crippen MR) is 72.9 cm³/mol. The van der Waals surface area contributed by atoms with Crippen LogP contribution in [-0.2, 0) is 0 Å². The maximum Gasteiger partial charge on any atom is 0.169 e. The minimum Gasteiger partial charge on any atom is -0.367 e. The number of rotatable bonds is 4. The fourth-order valence-electron chi connectivity index (χ4n) is 1.61. The van der Waals surface area contributed by atoms with Crippen LogP contribution in [0.3, 0.4) is 0 Å².